The minimum Gasteiger partial charge on any atom is -0.450 e. The van der Waals surface area contributed by atoms with Crippen LogP contribution in [0.5, 0.6) is 0 Å². The molecule has 4 rings (SSSR count). The van der Waals surface area contributed by atoms with Crippen molar-refractivity contribution in [1.82, 2.24) is 10.2 Å². The quantitative estimate of drug-likeness (QED) is 0.395. The Labute approximate surface area is 208 Å². The number of carbonyl (C=O) groups excluding carboxylic acids is 1. The standard InChI is InChI=1S/C30H33N3O2/c1-3-4-17-35-30(34)32-27-15-16-33(21-27)20-24-9-14-28(25-10-5-22(2)6-11-25)29(18-24)26-12-7-23(19-31)8-13-26/h5-14,18,27H,3-4,15-17,20-21H2,1-2H3,(H,32,34)/t27-/m0/s1. The van der Waals surface area contributed by atoms with Crippen molar-refractivity contribution in [3.05, 3.63) is 83.4 Å². The van der Waals surface area contributed by atoms with Crippen molar-refractivity contribution in [3.63, 3.8) is 0 Å². The predicted octanol–water partition coefficient (Wildman–Crippen LogP) is 6.30. The molecule has 5 nitrogen and oxygen atoms in total. The van der Waals surface area contributed by atoms with Crippen LogP contribution in [-0.2, 0) is 11.3 Å². The molecule has 1 saturated heterocycles. The molecule has 0 bridgehead atoms. The van der Waals surface area contributed by atoms with Gasteiger partial charge in [0.2, 0.25) is 0 Å². The first-order valence-electron chi connectivity index (χ1n) is 12.4. The first-order chi connectivity index (χ1) is 17.1. The first-order valence-corrected chi connectivity index (χ1v) is 12.4. The number of nitrogens with zero attached hydrogens (tertiary/aromatic N) is 2. The number of likely N-dealkylation sites (tertiary alicyclic amines) is 1. The van der Waals surface area contributed by atoms with E-state index >= 15 is 0 Å². The predicted molar refractivity (Wildman–Crippen MR) is 140 cm³/mol. The molecule has 3 aromatic rings. The Balaban J connectivity index is 1.50. The van der Waals surface area contributed by atoms with Gasteiger partial charge in [-0.2, -0.15) is 5.26 Å². The summed E-state index contributed by atoms with van der Waals surface area (Å²) in [6.45, 7) is 7.22. The number of hydrogen-bond acceptors (Lipinski definition) is 4. The summed E-state index contributed by atoms with van der Waals surface area (Å²) in [6, 6.07) is 25.4. The number of aryl methyl sites for hydroxylation is 1. The lowest BCUT2D eigenvalue weighted by Gasteiger charge is -2.19. The second-order valence-electron chi connectivity index (χ2n) is 9.29. The van der Waals surface area contributed by atoms with Gasteiger partial charge in [0.25, 0.3) is 0 Å². The van der Waals surface area contributed by atoms with Crippen molar-refractivity contribution in [3.8, 4) is 28.3 Å². The van der Waals surface area contributed by atoms with Crippen molar-refractivity contribution in [2.75, 3.05) is 19.7 Å². The third-order valence-electron chi connectivity index (χ3n) is 6.50. The molecule has 0 spiro atoms. The van der Waals surface area contributed by atoms with Gasteiger partial charge in [-0.05, 0) is 65.8 Å². The molecule has 180 valence electrons. The van der Waals surface area contributed by atoms with E-state index in [0.717, 1.165) is 50.0 Å². The van der Waals surface area contributed by atoms with E-state index in [4.69, 9.17) is 4.74 Å². The Bertz CT molecular complexity index is 1180. The van der Waals surface area contributed by atoms with Crippen LogP contribution < -0.4 is 5.32 Å². The maximum Gasteiger partial charge on any atom is 0.407 e. The van der Waals surface area contributed by atoms with Crippen LogP contribution in [-0.4, -0.2) is 36.7 Å². The van der Waals surface area contributed by atoms with Gasteiger partial charge in [0.15, 0.2) is 0 Å². The van der Waals surface area contributed by atoms with E-state index in [1.807, 2.05) is 24.3 Å². The number of alkyl carbamates (subject to hydrolysis) is 1. The van der Waals surface area contributed by atoms with E-state index in [9.17, 15) is 10.1 Å². The minimum absolute atomic E-state index is 0.119. The molecule has 1 heterocycles. The Morgan fingerprint density at radius 3 is 2.49 bits per heavy atom. The van der Waals surface area contributed by atoms with Gasteiger partial charge in [-0.25, -0.2) is 4.79 Å². The zero-order chi connectivity index (χ0) is 24.6. The van der Waals surface area contributed by atoms with E-state index in [1.165, 1.54) is 22.3 Å². The highest BCUT2D eigenvalue weighted by molar-refractivity contribution is 5.84. The van der Waals surface area contributed by atoms with Crippen LogP contribution >= 0.6 is 0 Å². The van der Waals surface area contributed by atoms with E-state index < -0.39 is 0 Å². The molecule has 1 fully saturated rings. The third-order valence-corrected chi connectivity index (χ3v) is 6.50. The fourth-order valence-electron chi connectivity index (χ4n) is 4.51. The lowest BCUT2D eigenvalue weighted by atomic mass is 9.92. The lowest BCUT2D eigenvalue weighted by Crippen LogP contribution is -2.37. The topological polar surface area (TPSA) is 65.4 Å². The number of ether oxygens (including phenoxy) is 1. The number of amides is 1. The Morgan fingerprint density at radius 1 is 1.06 bits per heavy atom. The van der Waals surface area contributed by atoms with Gasteiger partial charge in [0.05, 0.1) is 18.2 Å². The van der Waals surface area contributed by atoms with Crippen molar-refractivity contribution in [2.24, 2.45) is 0 Å². The highest BCUT2D eigenvalue weighted by atomic mass is 16.5. The molecule has 5 heteroatoms. The van der Waals surface area contributed by atoms with Gasteiger partial charge in [0.1, 0.15) is 0 Å². The average Bonchev–Trinajstić information content (AvgIpc) is 3.31. The Hall–Kier alpha value is -3.62. The number of unbranched alkanes of at least 4 members (excludes halogenated alkanes) is 1. The molecular weight excluding hydrogens is 434 g/mol. The van der Waals surface area contributed by atoms with Gasteiger partial charge in [-0.15, -0.1) is 0 Å². The number of nitrogens with one attached hydrogen (secondary N) is 1. The molecule has 0 aliphatic carbocycles. The normalized spacial score (nSPS) is 15.5. The van der Waals surface area contributed by atoms with Gasteiger partial charge in [-0.3, -0.25) is 4.90 Å². The largest absolute Gasteiger partial charge is 0.450 e. The van der Waals surface area contributed by atoms with Crippen molar-refractivity contribution in [1.29, 1.82) is 5.26 Å². The third kappa shape index (κ3) is 6.49. The molecule has 0 saturated carbocycles. The van der Waals surface area contributed by atoms with Gasteiger partial charge < -0.3 is 10.1 Å². The molecule has 1 aliphatic heterocycles. The van der Waals surface area contributed by atoms with Crippen molar-refractivity contribution in [2.45, 2.75) is 45.7 Å². The average molecular weight is 468 g/mol. The Morgan fingerprint density at radius 2 is 1.77 bits per heavy atom. The van der Waals surface area contributed by atoms with E-state index in [-0.39, 0.29) is 12.1 Å². The maximum absolute atomic E-state index is 12.0. The lowest BCUT2D eigenvalue weighted by molar-refractivity contribution is 0.140. The first kappa shape index (κ1) is 24.5. The van der Waals surface area contributed by atoms with E-state index in [2.05, 4.69) is 72.6 Å². The molecule has 1 atom stereocenters. The van der Waals surface area contributed by atoms with Gasteiger partial charge in [-0.1, -0.05) is 67.4 Å². The number of benzene rings is 3. The van der Waals surface area contributed by atoms with E-state index in [1.54, 1.807) is 0 Å². The number of hydrogen-bond donors (Lipinski definition) is 1. The van der Waals surface area contributed by atoms with Crippen molar-refractivity contribution < 1.29 is 9.53 Å². The Kier molecular flexibility index (Phi) is 8.18. The summed E-state index contributed by atoms with van der Waals surface area (Å²) in [5.41, 5.74) is 7.72. The van der Waals surface area contributed by atoms with Crippen LogP contribution in [0.4, 0.5) is 4.79 Å². The summed E-state index contributed by atoms with van der Waals surface area (Å²) < 4.78 is 5.25. The molecule has 3 aromatic carbocycles. The van der Waals surface area contributed by atoms with Crippen LogP contribution in [0, 0.1) is 18.3 Å². The van der Waals surface area contributed by atoms with Gasteiger partial charge in [0, 0.05) is 25.7 Å². The molecule has 0 radical (unpaired) electrons. The number of nitriles is 1. The molecule has 0 aromatic heterocycles. The molecular formula is C30H33N3O2. The highest BCUT2D eigenvalue weighted by Crippen LogP contribution is 2.34. The van der Waals surface area contributed by atoms with Crippen molar-refractivity contribution >= 4 is 6.09 Å². The second-order valence-corrected chi connectivity index (χ2v) is 9.29. The highest BCUT2D eigenvalue weighted by Gasteiger charge is 2.24. The van der Waals surface area contributed by atoms with Crippen LogP contribution in [0.25, 0.3) is 22.3 Å². The second kappa shape index (κ2) is 11.7. The summed E-state index contributed by atoms with van der Waals surface area (Å²) in [5, 5.41) is 12.2. The molecule has 1 N–H and O–H groups in total. The van der Waals surface area contributed by atoms with E-state index in [0.29, 0.717) is 12.2 Å². The molecule has 1 aliphatic rings. The van der Waals surface area contributed by atoms with Crippen LogP contribution in [0.2, 0.25) is 0 Å². The molecule has 1 amide bonds. The number of rotatable bonds is 8. The molecule has 0 unspecified atom stereocenters. The zero-order valence-corrected chi connectivity index (χ0v) is 20.6. The minimum atomic E-state index is -0.309. The summed E-state index contributed by atoms with van der Waals surface area (Å²) in [5.74, 6) is 0. The summed E-state index contributed by atoms with van der Waals surface area (Å²) in [6.07, 6.45) is 2.52. The summed E-state index contributed by atoms with van der Waals surface area (Å²) in [7, 11) is 0. The van der Waals surface area contributed by atoms with Gasteiger partial charge >= 0.3 is 6.09 Å². The smallest absolute Gasteiger partial charge is 0.407 e. The maximum atomic E-state index is 12.0. The SMILES string of the molecule is CCCCOC(=O)N[C@H]1CCN(Cc2ccc(-c3ccc(C)cc3)c(-c3ccc(C#N)cc3)c2)C1. The summed E-state index contributed by atoms with van der Waals surface area (Å²) >= 11 is 0. The fraction of sp³-hybridized carbons (Fsp3) is 0.333. The van der Waals surface area contributed by atoms with Crippen LogP contribution in [0.1, 0.15) is 42.9 Å². The summed E-state index contributed by atoms with van der Waals surface area (Å²) in [4.78, 5) is 14.4. The van der Waals surface area contributed by atoms with Crippen LogP contribution in [0.15, 0.2) is 66.7 Å². The fourth-order valence-corrected chi connectivity index (χ4v) is 4.51. The van der Waals surface area contributed by atoms with Crippen LogP contribution in [0.3, 0.4) is 0 Å². The monoisotopic (exact) mass is 467 g/mol. The molecule has 35 heavy (non-hydrogen) atoms. The zero-order valence-electron chi connectivity index (χ0n) is 20.6. The number of carbonyl (C=O) groups is 1.